The number of rotatable bonds is 1. The fourth-order valence-electron chi connectivity index (χ4n) is 1.42. The molecule has 1 heterocycles. The van der Waals surface area contributed by atoms with Crippen molar-refractivity contribution in [3.05, 3.63) is 0 Å². The highest BCUT2D eigenvalue weighted by Gasteiger charge is 2.26. The predicted molar refractivity (Wildman–Crippen MR) is 52.5 cm³/mol. The van der Waals surface area contributed by atoms with E-state index in [9.17, 15) is 9.59 Å². The van der Waals surface area contributed by atoms with Crippen LogP contribution in [0, 0.1) is 0 Å². The molecular weight excluding hydrogens is 198 g/mol. The standard InChI is InChI=1S/C9H15N3O3/c13-8(11-7-1-2-7)15-9(14)12-5-3-10-4-6-12/h7,10H,1-6H2,(H,11,13). The van der Waals surface area contributed by atoms with Crippen molar-refractivity contribution in [3.8, 4) is 0 Å². The van der Waals surface area contributed by atoms with Gasteiger partial charge in [-0.25, -0.2) is 9.59 Å². The van der Waals surface area contributed by atoms with Crippen LogP contribution in [0.25, 0.3) is 0 Å². The summed E-state index contributed by atoms with van der Waals surface area (Å²) in [5, 5.41) is 5.71. The molecule has 6 heteroatoms. The second kappa shape index (κ2) is 4.48. The van der Waals surface area contributed by atoms with Gasteiger partial charge in [-0.15, -0.1) is 0 Å². The SMILES string of the molecule is O=C(NC1CC1)OC(=O)N1CCNCC1. The van der Waals surface area contributed by atoms with E-state index in [-0.39, 0.29) is 6.04 Å². The highest BCUT2D eigenvalue weighted by Crippen LogP contribution is 2.18. The zero-order valence-electron chi connectivity index (χ0n) is 8.49. The van der Waals surface area contributed by atoms with Crippen molar-refractivity contribution >= 4 is 12.2 Å². The Morgan fingerprint density at radius 1 is 1.27 bits per heavy atom. The smallest absolute Gasteiger partial charge is 0.359 e. The molecule has 15 heavy (non-hydrogen) atoms. The Hall–Kier alpha value is -1.30. The van der Waals surface area contributed by atoms with E-state index in [2.05, 4.69) is 15.4 Å². The van der Waals surface area contributed by atoms with E-state index < -0.39 is 12.2 Å². The number of amides is 2. The molecule has 2 fully saturated rings. The number of nitrogens with one attached hydrogen (secondary N) is 2. The Bertz CT molecular complexity index is 259. The number of nitrogens with zero attached hydrogens (tertiary/aromatic N) is 1. The summed E-state index contributed by atoms with van der Waals surface area (Å²) in [6.07, 6.45) is 0.795. The van der Waals surface area contributed by atoms with Crippen LogP contribution in [0.2, 0.25) is 0 Å². The quantitative estimate of drug-likeness (QED) is 0.597. The summed E-state index contributed by atoms with van der Waals surface area (Å²) in [5.41, 5.74) is 0. The average Bonchev–Trinajstić information content (AvgIpc) is 3.03. The van der Waals surface area contributed by atoms with E-state index in [4.69, 9.17) is 0 Å². The average molecular weight is 213 g/mol. The monoisotopic (exact) mass is 213 g/mol. The molecule has 0 aromatic carbocycles. The zero-order valence-corrected chi connectivity index (χ0v) is 8.49. The van der Waals surface area contributed by atoms with E-state index >= 15 is 0 Å². The van der Waals surface area contributed by atoms with Crippen LogP contribution in [0.4, 0.5) is 9.59 Å². The molecule has 0 aromatic heterocycles. The molecule has 0 spiro atoms. The first-order valence-electron chi connectivity index (χ1n) is 5.23. The molecule has 1 saturated carbocycles. The summed E-state index contributed by atoms with van der Waals surface area (Å²) < 4.78 is 4.65. The van der Waals surface area contributed by atoms with Crippen LogP contribution < -0.4 is 10.6 Å². The predicted octanol–water partition coefficient (Wildman–Crippen LogP) is -0.0998. The number of carbonyl (C=O) groups excluding carboxylic acids is 2. The van der Waals surface area contributed by atoms with Crippen molar-refractivity contribution < 1.29 is 14.3 Å². The largest absolute Gasteiger partial charge is 0.418 e. The molecule has 0 aromatic rings. The van der Waals surface area contributed by atoms with Gasteiger partial charge in [0.15, 0.2) is 0 Å². The van der Waals surface area contributed by atoms with E-state index in [1.807, 2.05) is 0 Å². The third kappa shape index (κ3) is 3.09. The normalized spacial score (nSPS) is 20.9. The first kappa shape index (κ1) is 10.2. The van der Waals surface area contributed by atoms with Gasteiger partial charge in [0.05, 0.1) is 0 Å². The second-order valence-corrected chi connectivity index (χ2v) is 3.81. The molecular formula is C9H15N3O3. The summed E-state index contributed by atoms with van der Waals surface area (Å²) in [5.74, 6) is 0. The number of hydrogen-bond donors (Lipinski definition) is 2. The molecule has 1 saturated heterocycles. The van der Waals surface area contributed by atoms with Crippen molar-refractivity contribution in [2.24, 2.45) is 0 Å². The van der Waals surface area contributed by atoms with E-state index in [1.54, 1.807) is 0 Å². The molecule has 0 atom stereocenters. The molecule has 2 amide bonds. The molecule has 1 aliphatic carbocycles. The van der Waals surface area contributed by atoms with Gasteiger partial charge < -0.3 is 20.3 Å². The van der Waals surface area contributed by atoms with Crippen molar-refractivity contribution in [1.82, 2.24) is 15.5 Å². The molecule has 6 nitrogen and oxygen atoms in total. The van der Waals surface area contributed by atoms with Gasteiger partial charge in [-0.05, 0) is 12.8 Å². The van der Waals surface area contributed by atoms with E-state index in [0.717, 1.165) is 25.9 Å². The Morgan fingerprint density at radius 3 is 2.53 bits per heavy atom. The van der Waals surface area contributed by atoms with Crippen LogP contribution in [-0.2, 0) is 4.74 Å². The molecule has 84 valence electrons. The van der Waals surface area contributed by atoms with Gasteiger partial charge in [0, 0.05) is 32.2 Å². The second-order valence-electron chi connectivity index (χ2n) is 3.81. The minimum atomic E-state index is -0.624. The number of piperazine rings is 1. The maximum Gasteiger partial charge on any atom is 0.418 e. The van der Waals surface area contributed by atoms with Crippen LogP contribution >= 0.6 is 0 Å². The molecule has 0 unspecified atom stereocenters. The third-order valence-corrected chi connectivity index (χ3v) is 2.45. The van der Waals surface area contributed by atoms with Crippen molar-refractivity contribution in [2.75, 3.05) is 26.2 Å². The minimum Gasteiger partial charge on any atom is -0.359 e. The van der Waals surface area contributed by atoms with Crippen LogP contribution in [0.5, 0.6) is 0 Å². The Morgan fingerprint density at radius 2 is 1.93 bits per heavy atom. The number of hydrogen-bond acceptors (Lipinski definition) is 4. The topological polar surface area (TPSA) is 70.7 Å². The first-order chi connectivity index (χ1) is 7.25. The molecule has 0 radical (unpaired) electrons. The van der Waals surface area contributed by atoms with Gasteiger partial charge in [0.1, 0.15) is 0 Å². The molecule has 2 rings (SSSR count). The minimum absolute atomic E-state index is 0.216. The van der Waals surface area contributed by atoms with Crippen LogP contribution in [-0.4, -0.2) is 49.3 Å². The lowest BCUT2D eigenvalue weighted by atomic mass is 10.4. The van der Waals surface area contributed by atoms with Crippen molar-refractivity contribution in [3.63, 3.8) is 0 Å². The lowest BCUT2D eigenvalue weighted by molar-refractivity contribution is 0.113. The fraction of sp³-hybridized carbons (Fsp3) is 0.778. The van der Waals surface area contributed by atoms with Gasteiger partial charge in [-0.1, -0.05) is 0 Å². The summed E-state index contributed by atoms with van der Waals surface area (Å²) in [7, 11) is 0. The van der Waals surface area contributed by atoms with Crippen LogP contribution in [0.1, 0.15) is 12.8 Å². The van der Waals surface area contributed by atoms with Crippen molar-refractivity contribution in [2.45, 2.75) is 18.9 Å². The van der Waals surface area contributed by atoms with Gasteiger partial charge in [0.2, 0.25) is 0 Å². The van der Waals surface area contributed by atoms with Gasteiger partial charge in [-0.3, -0.25) is 0 Å². The van der Waals surface area contributed by atoms with Crippen LogP contribution in [0.15, 0.2) is 0 Å². The van der Waals surface area contributed by atoms with Crippen LogP contribution in [0.3, 0.4) is 0 Å². The lowest BCUT2D eigenvalue weighted by Crippen LogP contribution is -2.47. The van der Waals surface area contributed by atoms with Gasteiger partial charge >= 0.3 is 12.2 Å². The maximum absolute atomic E-state index is 11.4. The molecule has 0 bridgehead atoms. The first-order valence-corrected chi connectivity index (χ1v) is 5.23. The summed E-state index contributed by atoms with van der Waals surface area (Å²) >= 11 is 0. The van der Waals surface area contributed by atoms with Gasteiger partial charge in [-0.2, -0.15) is 0 Å². The summed E-state index contributed by atoms with van der Waals surface area (Å²) in [4.78, 5) is 24.1. The highest BCUT2D eigenvalue weighted by molar-refractivity contribution is 5.83. The summed E-state index contributed by atoms with van der Waals surface area (Å²) in [6.45, 7) is 2.68. The van der Waals surface area contributed by atoms with E-state index in [1.165, 1.54) is 4.90 Å². The Labute approximate surface area is 87.9 Å². The lowest BCUT2D eigenvalue weighted by Gasteiger charge is -2.25. The third-order valence-electron chi connectivity index (χ3n) is 2.45. The van der Waals surface area contributed by atoms with Gasteiger partial charge in [0.25, 0.3) is 0 Å². The Kier molecular flexibility index (Phi) is 3.05. The number of carbonyl (C=O) groups is 2. The van der Waals surface area contributed by atoms with Crippen molar-refractivity contribution in [1.29, 1.82) is 0 Å². The maximum atomic E-state index is 11.4. The molecule has 2 N–H and O–H groups in total. The number of alkyl carbamates (subject to hydrolysis) is 1. The molecule has 2 aliphatic rings. The Balaban J connectivity index is 1.71. The molecule has 1 aliphatic heterocycles. The number of ether oxygens (including phenoxy) is 1. The fourth-order valence-corrected chi connectivity index (χ4v) is 1.42. The summed E-state index contributed by atoms with van der Waals surface area (Å²) in [6, 6.07) is 0.216. The highest BCUT2D eigenvalue weighted by atomic mass is 16.6. The zero-order chi connectivity index (χ0) is 10.7. The van der Waals surface area contributed by atoms with E-state index in [0.29, 0.717) is 13.1 Å².